The van der Waals surface area contributed by atoms with E-state index in [2.05, 4.69) is 13.8 Å². The van der Waals surface area contributed by atoms with Crippen molar-refractivity contribution in [2.75, 3.05) is 13.2 Å². The summed E-state index contributed by atoms with van der Waals surface area (Å²) < 4.78 is 22.9. The Labute approximate surface area is 159 Å². The van der Waals surface area contributed by atoms with Gasteiger partial charge in [0.1, 0.15) is 12.7 Å². The molecule has 6 heteroatoms. The molecule has 1 spiro atoms. The van der Waals surface area contributed by atoms with E-state index in [9.17, 15) is 9.90 Å². The highest BCUT2D eigenvalue weighted by atomic mass is 16.7. The summed E-state index contributed by atoms with van der Waals surface area (Å²) in [7, 11) is 0. The fourth-order valence-corrected chi connectivity index (χ4v) is 4.53. The van der Waals surface area contributed by atoms with Gasteiger partial charge in [-0.05, 0) is 17.9 Å². The second-order valence-corrected chi connectivity index (χ2v) is 8.89. The lowest BCUT2D eigenvalue weighted by Crippen LogP contribution is -2.47. The Kier molecular flexibility index (Phi) is 4.91. The molecule has 0 radical (unpaired) electrons. The number of aliphatic hydroxyl groups is 1. The van der Waals surface area contributed by atoms with Crippen LogP contribution in [0.15, 0.2) is 30.3 Å². The number of ether oxygens (including phenoxy) is 4. The second kappa shape index (κ2) is 7.08. The van der Waals surface area contributed by atoms with Crippen molar-refractivity contribution in [3.63, 3.8) is 0 Å². The van der Waals surface area contributed by atoms with E-state index in [1.165, 1.54) is 0 Å². The second-order valence-electron chi connectivity index (χ2n) is 8.89. The maximum atomic E-state index is 12.1. The van der Waals surface area contributed by atoms with E-state index in [4.69, 9.17) is 18.9 Å². The number of benzene rings is 1. The summed E-state index contributed by atoms with van der Waals surface area (Å²) in [5.74, 6) is -0.334. The van der Waals surface area contributed by atoms with E-state index in [1.54, 1.807) is 0 Å². The monoisotopic (exact) mass is 376 g/mol. The molecule has 148 valence electrons. The average molecular weight is 376 g/mol. The van der Waals surface area contributed by atoms with Crippen molar-refractivity contribution in [2.24, 2.45) is 17.3 Å². The Morgan fingerprint density at radius 2 is 1.89 bits per heavy atom. The summed E-state index contributed by atoms with van der Waals surface area (Å²) in [6, 6.07) is 9.45. The predicted molar refractivity (Wildman–Crippen MR) is 96.8 cm³/mol. The molecule has 2 aliphatic carbocycles. The number of carbonyl (C=O) groups excluding carboxylic acids is 1. The summed E-state index contributed by atoms with van der Waals surface area (Å²) in [5.41, 5.74) is 0.908. The predicted octanol–water partition coefficient (Wildman–Crippen LogP) is 3.27. The average Bonchev–Trinajstić information content (AvgIpc) is 3.12. The number of rotatable bonds is 3. The molecule has 1 aromatic rings. The summed E-state index contributed by atoms with van der Waals surface area (Å²) in [6.07, 6.45) is 0.00204. The van der Waals surface area contributed by atoms with Crippen LogP contribution in [0, 0.1) is 17.3 Å². The molecule has 1 aliphatic heterocycles. The maximum Gasteiger partial charge on any atom is 0.508 e. The molecule has 1 saturated heterocycles. The smallest absolute Gasteiger partial charge is 0.429 e. The lowest BCUT2D eigenvalue weighted by molar-refractivity contribution is -0.298. The molecule has 3 aliphatic rings. The van der Waals surface area contributed by atoms with Gasteiger partial charge in [0.2, 0.25) is 0 Å². The molecule has 1 heterocycles. The quantitative estimate of drug-likeness (QED) is 0.816. The Morgan fingerprint density at radius 3 is 2.59 bits per heavy atom. The zero-order valence-electron chi connectivity index (χ0n) is 15.9. The number of hydrogen-bond acceptors (Lipinski definition) is 6. The highest BCUT2D eigenvalue weighted by Crippen LogP contribution is 2.53. The van der Waals surface area contributed by atoms with E-state index in [1.807, 2.05) is 30.3 Å². The van der Waals surface area contributed by atoms with E-state index in [0.717, 1.165) is 12.0 Å². The molecule has 6 nitrogen and oxygen atoms in total. The van der Waals surface area contributed by atoms with Gasteiger partial charge in [0.25, 0.3) is 0 Å². The topological polar surface area (TPSA) is 74.2 Å². The Bertz CT molecular complexity index is 663. The minimum atomic E-state index is -0.740. The molecule has 0 bridgehead atoms. The van der Waals surface area contributed by atoms with E-state index >= 15 is 0 Å². The van der Waals surface area contributed by atoms with Crippen LogP contribution in [0.5, 0.6) is 0 Å². The van der Waals surface area contributed by atoms with Crippen LogP contribution in [0.3, 0.4) is 0 Å². The van der Waals surface area contributed by atoms with Gasteiger partial charge in [-0.15, -0.1) is 0 Å². The highest BCUT2D eigenvalue weighted by Gasteiger charge is 2.58. The molecule has 1 N–H and O–H groups in total. The Morgan fingerprint density at radius 1 is 1.19 bits per heavy atom. The summed E-state index contributed by atoms with van der Waals surface area (Å²) >= 11 is 0. The van der Waals surface area contributed by atoms with Crippen molar-refractivity contribution >= 4 is 6.16 Å². The molecule has 4 atom stereocenters. The van der Waals surface area contributed by atoms with Crippen LogP contribution in [-0.2, 0) is 25.6 Å². The first-order chi connectivity index (χ1) is 12.9. The van der Waals surface area contributed by atoms with Gasteiger partial charge in [0.05, 0.1) is 19.3 Å². The van der Waals surface area contributed by atoms with Crippen molar-refractivity contribution in [1.82, 2.24) is 0 Å². The third kappa shape index (κ3) is 3.98. The molecule has 27 heavy (non-hydrogen) atoms. The number of carbonyl (C=O) groups is 1. The molecule has 0 amide bonds. The first kappa shape index (κ1) is 18.7. The van der Waals surface area contributed by atoms with E-state index < -0.39 is 24.2 Å². The largest absolute Gasteiger partial charge is 0.508 e. The molecule has 2 saturated carbocycles. The van der Waals surface area contributed by atoms with Crippen molar-refractivity contribution in [3.05, 3.63) is 35.9 Å². The minimum absolute atomic E-state index is 0.0135. The number of aliphatic hydroxyl groups excluding tert-OH is 1. The third-order valence-electron chi connectivity index (χ3n) is 5.95. The molecule has 4 rings (SSSR count). The van der Waals surface area contributed by atoms with Gasteiger partial charge in [0, 0.05) is 24.2 Å². The van der Waals surface area contributed by atoms with Crippen LogP contribution in [0.4, 0.5) is 4.79 Å². The summed E-state index contributed by atoms with van der Waals surface area (Å²) in [4.78, 5) is 12.1. The molecular weight excluding hydrogens is 348 g/mol. The van der Waals surface area contributed by atoms with Gasteiger partial charge < -0.3 is 24.1 Å². The fraction of sp³-hybridized carbons (Fsp3) is 0.667. The van der Waals surface area contributed by atoms with E-state index in [-0.39, 0.29) is 23.9 Å². The van der Waals surface area contributed by atoms with Gasteiger partial charge >= 0.3 is 6.16 Å². The highest BCUT2D eigenvalue weighted by molar-refractivity contribution is 5.60. The van der Waals surface area contributed by atoms with Crippen LogP contribution in [0.1, 0.15) is 38.7 Å². The van der Waals surface area contributed by atoms with Crippen molar-refractivity contribution in [2.45, 2.75) is 57.7 Å². The van der Waals surface area contributed by atoms with Crippen molar-refractivity contribution in [3.8, 4) is 0 Å². The first-order valence-corrected chi connectivity index (χ1v) is 9.69. The molecule has 0 unspecified atom stereocenters. The first-order valence-electron chi connectivity index (χ1n) is 9.69. The number of hydrogen-bond donors (Lipinski definition) is 1. The van der Waals surface area contributed by atoms with Crippen LogP contribution < -0.4 is 0 Å². The minimum Gasteiger partial charge on any atom is -0.429 e. The van der Waals surface area contributed by atoms with Gasteiger partial charge in [-0.1, -0.05) is 44.2 Å². The fourth-order valence-electron chi connectivity index (χ4n) is 4.53. The molecule has 0 aromatic heterocycles. The van der Waals surface area contributed by atoms with Crippen molar-refractivity contribution < 1.29 is 28.8 Å². The normalized spacial score (nSPS) is 33.6. The van der Waals surface area contributed by atoms with Gasteiger partial charge in [-0.3, -0.25) is 0 Å². The van der Waals surface area contributed by atoms with Gasteiger partial charge in [-0.25, -0.2) is 4.79 Å². The molecule has 1 aromatic carbocycles. The summed E-state index contributed by atoms with van der Waals surface area (Å²) in [5, 5.41) is 10.4. The van der Waals surface area contributed by atoms with Crippen LogP contribution in [0.2, 0.25) is 0 Å². The summed E-state index contributed by atoms with van der Waals surface area (Å²) in [6.45, 7) is 5.70. The third-order valence-corrected chi connectivity index (χ3v) is 5.95. The van der Waals surface area contributed by atoms with Crippen LogP contribution in [-0.4, -0.2) is 42.5 Å². The molecular formula is C21H28O6. The number of fused-ring (bicyclic) bond motifs is 1. The zero-order chi connectivity index (χ0) is 19.1. The van der Waals surface area contributed by atoms with Crippen LogP contribution in [0.25, 0.3) is 0 Å². The Balaban J connectivity index is 1.34. The van der Waals surface area contributed by atoms with E-state index in [0.29, 0.717) is 26.1 Å². The van der Waals surface area contributed by atoms with Gasteiger partial charge in [-0.2, -0.15) is 0 Å². The van der Waals surface area contributed by atoms with Crippen LogP contribution >= 0.6 is 0 Å². The van der Waals surface area contributed by atoms with Gasteiger partial charge in [0.15, 0.2) is 5.79 Å². The Hall–Kier alpha value is -1.63. The lowest BCUT2D eigenvalue weighted by Gasteiger charge is -2.42. The maximum absolute atomic E-state index is 12.1. The zero-order valence-corrected chi connectivity index (χ0v) is 15.9. The standard InChI is InChI=1S/C21H28O6/c1-20(2)12-25-21(26-13-20)9-15-8-17(22)18(16(15)10-21)27-19(23)24-11-14-6-4-3-5-7-14/h3-7,15-18,22H,8-13H2,1-2H3/t15-,16+,17+,18+/m0/s1. The SMILES string of the molecule is CC1(C)COC2(C[C@@H]3C[C@@H](O)[C@H](OC(=O)OCc4ccccc4)[C@@H]3C2)OC1. The lowest BCUT2D eigenvalue weighted by atomic mass is 9.94. The molecule has 3 fully saturated rings. The van der Waals surface area contributed by atoms with Crippen molar-refractivity contribution in [1.29, 1.82) is 0 Å².